The first-order valence-electron chi connectivity index (χ1n) is 5.32. The van der Waals surface area contributed by atoms with Crippen LogP contribution in [0.1, 0.15) is 21.5 Å². The van der Waals surface area contributed by atoms with Crippen LogP contribution in [-0.4, -0.2) is 24.7 Å². The average Bonchev–Trinajstić information content (AvgIpc) is 3.05. The first-order valence-corrected chi connectivity index (χ1v) is 6.20. The number of ether oxygens (including phenoxy) is 1. The second-order valence-electron chi connectivity index (χ2n) is 3.57. The van der Waals surface area contributed by atoms with Gasteiger partial charge in [-0.15, -0.1) is 11.3 Å². The van der Waals surface area contributed by atoms with E-state index in [0.717, 1.165) is 0 Å². The molecule has 0 aromatic carbocycles. The minimum Gasteiger partial charge on any atom is -0.496 e. The smallest absolute Gasteiger partial charge is 0.262 e. The molecule has 0 fully saturated rings. The molecule has 2 aromatic rings. The molecule has 6 heteroatoms. The lowest BCUT2D eigenvalue weighted by molar-refractivity contribution is 0.0911. The van der Waals surface area contributed by atoms with Crippen molar-refractivity contribution in [3.63, 3.8) is 0 Å². The summed E-state index contributed by atoms with van der Waals surface area (Å²) < 4.78 is 10.2. The van der Waals surface area contributed by atoms with Gasteiger partial charge in [0.15, 0.2) is 0 Å². The summed E-state index contributed by atoms with van der Waals surface area (Å²) in [7, 11) is 1.54. The molecule has 0 aliphatic rings. The van der Waals surface area contributed by atoms with Gasteiger partial charge < -0.3 is 19.6 Å². The van der Waals surface area contributed by atoms with E-state index in [2.05, 4.69) is 5.32 Å². The Bertz CT molecular complexity index is 506. The van der Waals surface area contributed by atoms with E-state index in [4.69, 9.17) is 9.15 Å². The van der Waals surface area contributed by atoms with Gasteiger partial charge in [-0.3, -0.25) is 4.79 Å². The van der Waals surface area contributed by atoms with E-state index >= 15 is 0 Å². The number of rotatable bonds is 5. The number of thiophene rings is 1. The van der Waals surface area contributed by atoms with Gasteiger partial charge in [0.2, 0.25) is 0 Å². The molecule has 0 spiro atoms. The Morgan fingerprint density at radius 2 is 2.50 bits per heavy atom. The molecule has 2 aromatic heterocycles. The third kappa shape index (κ3) is 2.72. The van der Waals surface area contributed by atoms with Gasteiger partial charge in [-0.25, -0.2) is 0 Å². The molecule has 0 saturated heterocycles. The fourth-order valence-electron chi connectivity index (χ4n) is 1.47. The number of carbonyl (C=O) groups excluding carboxylic acids is 1. The molecular weight excluding hydrogens is 254 g/mol. The highest BCUT2D eigenvalue weighted by Crippen LogP contribution is 2.22. The number of hydrogen-bond acceptors (Lipinski definition) is 5. The van der Waals surface area contributed by atoms with Gasteiger partial charge in [-0.2, -0.15) is 0 Å². The van der Waals surface area contributed by atoms with Gasteiger partial charge in [0.05, 0.1) is 24.9 Å². The maximum atomic E-state index is 11.9. The van der Waals surface area contributed by atoms with Crippen molar-refractivity contribution in [2.45, 2.75) is 6.04 Å². The summed E-state index contributed by atoms with van der Waals surface area (Å²) in [6.45, 7) is -0.220. The molecule has 2 rings (SSSR count). The van der Waals surface area contributed by atoms with Crippen LogP contribution in [0.4, 0.5) is 0 Å². The highest BCUT2D eigenvalue weighted by atomic mass is 32.1. The first kappa shape index (κ1) is 12.7. The Morgan fingerprint density at radius 3 is 3.06 bits per heavy atom. The maximum Gasteiger partial charge on any atom is 0.262 e. The number of methoxy groups -OCH3 is 1. The van der Waals surface area contributed by atoms with E-state index in [-0.39, 0.29) is 12.5 Å². The summed E-state index contributed by atoms with van der Waals surface area (Å²) in [6.07, 6.45) is 1.50. The molecule has 2 N–H and O–H groups in total. The van der Waals surface area contributed by atoms with Crippen molar-refractivity contribution >= 4 is 17.2 Å². The zero-order valence-corrected chi connectivity index (χ0v) is 10.6. The number of hydrogen-bond donors (Lipinski definition) is 2. The molecule has 1 unspecified atom stereocenters. The third-order valence-corrected chi connectivity index (χ3v) is 3.32. The number of carbonyl (C=O) groups is 1. The zero-order valence-electron chi connectivity index (χ0n) is 9.75. The molecule has 18 heavy (non-hydrogen) atoms. The van der Waals surface area contributed by atoms with E-state index in [1.54, 1.807) is 30.7 Å². The standard InChI is InChI=1S/C12H13NO4S/c1-16-8-5-11(18-7-8)12(15)13-9(6-14)10-3-2-4-17-10/h2-5,7,9,14H,6H2,1H3,(H,13,15). The van der Waals surface area contributed by atoms with E-state index < -0.39 is 6.04 Å². The molecule has 0 aliphatic carbocycles. The molecule has 0 aliphatic heterocycles. The van der Waals surface area contributed by atoms with Crippen LogP contribution in [0.3, 0.4) is 0 Å². The second kappa shape index (κ2) is 5.70. The lowest BCUT2D eigenvalue weighted by Crippen LogP contribution is -2.29. The molecule has 2 heterocycles. The van der Waals surface area contributed by atoms with Crippen molar-refractivity contribution < 1.29 is 19.1 Å². The molecule has 1 amide bonds. The SMILES string of the molecule is COc1csc(C(=O)NC(CO)c2ccco2)c1. The van der Waals surface area contributed by atoms with Crippen LogP contribution < -0.4 is 10.1 Å². The van der Waals surface area contributed by atoms with Gasteiger partial charge in [0.1, 0.15) is 17.6 Å². The predicted octanol–water partition coefficient (Wildman–Crippen LogP) is 1.81. The number of amides is 1. The molecular formula is C12H13NO4S. The Hall–Kier alpha value is -1.79. The average molecular weight is 267 g/mol. The van der Waals surface area contributed by atoms with Crippen LogP contribution in [0, 0.1) is 0 Å². The van der Waals surface area contributed by atoms with Gasteiger partial charge in [0.25, 0.3) is 5.91 Å². The molecule has 96 valence electrons. The number of furan rings is 1. The normalized spacial score (nSPS) is 12.1. The maximum absolute atomic E-state index is 11.9. The summed E-state index contributed by atoms with van der Waals surface area (Å²) in [5.74, 6) is 0.900. The second-order valence-corrected chi connectivity index (χ2v) is 4.49. The van der Waals surface area contributed by atoms with Crippen LogP contribution >= 0.6 is 11.3 Å². The minimum absolute atomic E-state index is 0.220. The number of aliphatic hydroxyl groups is 1. The Balaban J connectivity index is 2.06. The summed E-state index contributed by atoms with van der Waals surface area (Å²) in [6, 6.07) is 4.52. The van der Waals surface area contributed by atoms with E-state index in [0.29, 0.717) is 16.4 Å². The summed E-state index contributed by atoms with van der Waals surface area (Å²) in [5, 5.41) is 13.7. The molecule has 0 radical (unpaired) electrons. The molecule has 0 saturated carbocycles. The lowest BCUT2D eigenvalue weighted by atomic mass is 10.2. The van der Waals surface area contributed by atoms with Crippen LogP contribution in [0.25, 0.3) is 0 Å². The predicted molar refractivity (Wildman–Crippen MR) is 66.9 cm³/mol. The quantitative estimate of drug-likeness (QED) is 0.866. The van der Waals surface area contributed by atoms with E-state index in [1.165, 1.54) is 17.6 Å². The van der Waals surface area contributed by atoms with Crippen LogP contribution in [0.2, 0.25) is 0 Å². The van der Waals surface area contributed by atoms with Crippen LogP contribution in [0.15, 0.2) is 34.3 Å². The number of aliphatic hydroxyl groups excluding tert-OH is 1. The van der Waals surface area contributed by atoms with Gasteiger partial charge in [-0.1, -0.05) is 0 Å². The zero-order chi connectivity index (χ0) is 13.0. The molecule has 0 bridgehead atoms. The Labute approximate surface area is 108 Å². The van der Waals surface area contributed by atoms with E-state index in [9.17, 15) is 9.90 Å². The lowest BCUT2D eigenvalue weighted by Gasteiger charge is -2.12. The van der Waals surface area contributed by atoms with Crippen molar-refractivity contribution in [1.29, 1.82) is 0 Å². The van der Waals surface area contributed by atoms with Crippen molar-refractivity contribution in [1.82, 2.24) is 5.32 Å². The van der Waals surface area contributed by atoms with E-state index in [1.807, 2.05) is 0 Å². The van der Waals surface area contributed by atoms with Gasteiger partial charge >= 0.3 is 0 Å². The summed E-state index contributed by atoms with van der Waals surface area (Å²) >= 11 is 1.28. The van der Waals surface area contributed by atoms with Crippen molar-refractivity contribution in [3.05, 3.63) is 40.5 Å². The minimum atomic E-state index is -0.541. The highest BCUT2D eigenvalue weighted by molar-refractivity contribution is 7.12. The monoisotopic (exact) mass is 267 g/mol. The highest BCUT2D eigenvalue weighted by Gasteiger charge is 2.18. The van der Waals surface area contributed by atoms with Crippen molar-refractivity contribution in [2.24, 2.45) is 0 Å². The van der Waals surface area contributed by atoms with Gasteiger partial charge in [-0.05, 0) is 12.1 Å². The molecule has 1 atom stereocenters. The largest absolute Gasteiger partial charge is 0.496 e. The van der Waals surface area contributed by atoms with Crippen LogP contribution in [-0.2, 0) is 0 Å². The van der Waals surface area contributed by atoms with Crippen molar-refractivity contribution in [2.75, 3.05) is 13.7 Å². The molecule has 5 nitrogen and oxygen atoms in total. The number of nitrogens with one attached hydrogen (secondary N) is 1. The topological polar surface area (TPSA) is 71.7 Å². The summed E-state index contributed by atoms with van der Waals surface area (Å²) in [5.41, 5.74) is 0. The fraction of sp³-hybridized carbons (Fsp3) is 0.250. The Morgan fingerprint density at radius 1 is 1.67 bits per heavy atom. The Kier molecular flexibility index (Phi) is 4.01. The van der Waals surface area contributed by atoms with Crippen molar-refractivity contribution in [3.8, 4) is 5.75 Å². The first-order chi connectivity index (χ1) is 8.74. The summed E-state index contributed by atoms with van der Waals surface area (Å²) in [4.78, 5) is 12.5. The fourth-order valence-corrected chi connectivity index (χ4v) is 2.23. The van der Waals surface area contributed by atoms with Crippen LogP contribution in [0.5, 0.6) is 5.75 Å². The third-order valence-electron chi connectivity index (χ3n) is 2.41. The van der Waals surface area contributed by atoms with Gasteiger partial charge in [0, 0.05) is 11.4 Å².